The lowest BCUT2D eigenvalue weighted by atomic mass is 10.4. The van der Waals surface area contributed by atoms with E-state index in [1.165, 1.54) is 0 Å². The molecule has 0 bridgehead atoms. The first-order valence-corrected chi connectivity index (χ1v) is 5.77. The van der Waals surface area contributed by atoms with Crippen LogP contribution in [0.2, 0.25) is 0 Å². The molecule has 0 aliphatic carbocycles. The quantitative estimate of drug-likeness (QED) is 0.829. The average Bonchev–Trinajstić information content (AvgIpc) is 2.95. The summed E-state index contributed by atoms with van der Waals surface area (Å²) < 4.78 is 10.7. The lowest BCUT2D eigenvalue weighted by molar-refractivity contribution is 0.458. The van der Waals surface area contributed by atoms with Crippen LogP contribution in [0.5, 0.6) is 0 Å². The minimum absolute atomic E-state index is 0.300. The SMILES string of the molecule is CCc1cnc(CNc2nnc(C(C)Cl)o2)o1. The third kappa shape index (κ3) is 2.97. The number of alkyl halides is 1. The summed E-state index contributed by atoms with van der Waals surface area (Å²) in [4.78, 5) is 4.10. The summed E-state index contributed by atoms with van der Waals surface area (Å²) in [6.07, 6.45) is 2.53. The number of nitrogens with zero attached hydrogens (tertiary/aromatic N) is 3. The zero-order chi connectivity index (χ0) is 12.3. The molecule has 0 aliphatic rings. The van der Waals surface area contributed by atoms with Crippen molar-refractivity contribution in [2.24, 2.45) is 0 Å². The standard InChI is InChI=1S/C10H13ClN4O2/c1-3-7-4-12-8(16-7)5-13-10-15-14-9(17-10)6(2)11/h4,6H,3,5H2,1-2H3,(H,13,15). The highest BCUT2D eigenvalue weighted by Crippen LogP contribution is 2.19. The number of hydrogen-bond acceptors (Lipinski definition) is 6. The second kappa shape index (κ2) is 5.18. The van der Waals surface area contributed by atoms with Crippen molar-refractivity contribution in [2.45, 2.75) is 32.2 Å². The fraction of sp³-hybridized carbons (Fsp3) is 0.500. The molecule has 17 heavy (non-hydrogen) atoms. The van der Waals surface area contributed by atoms with E-state index >= 15 is 0 Å². The molecular weight excluding hydrogens is 244 g/mol. The maximum atomic E-state index is 5.80. The highest BCUT2D eigenvalue weighted by Gasteiger charge is 2.11. The summed E-state index contributed by atoms with van der Waals surface area (Å²) in [7, 11) is 0. The van der Waals surface area contributed by atoms with E-state index in [0.29, 0.717) is 24.3 Å². The van der Waals surface area contributed by atoms with Gasteiger partial charge in [0.1, 0.15) is 11.1 Å². The molecule has 2 heterocycles. The molecule has 1 atom stereocenters. The van der Waals surface area contributed by atoms with E-state index in [1.807, 2.05) is 6.92 Å². The smallest absolute Gasteiger partial charge is 0.315 e. The molecule has 0 amide bonds. The van der Waals surface area contributed by atoms with Gasteiger partial charge in [-0.2, -0.15) is 0 Å². The molecule has 2 aromatic heterocycles. The lowest BCUT2D eigenvalue weighted by Gasteiger charge is -1.96. The zero-order valence-electron chi connectivity index (χ0n) is 9.61. The Balaban J connectivity index is 1.92. The summed E-state index contributed by atoms with van der Waals surface area (Å²) in [5, 5.41) is 10.2. The molecule has 0 aromatic carbocycles. The Bertz CT molecular complexity index is 480. The second-order valence-electron chi connectivity index (χ2n) is 3.49. The Morgan fingerprint density at radius 2 is 2.24 bits per heavy atom. The lowest BCUT2D eigenvalue weighted by Crippen LogP contribution is -1.99. The number of anilines is 1. The first-order valence-electron chi connectivity index (χ1n) is 5.34. The Kier molecular flexibility index (Phi) is 3.63. The third-order valence-electron chi connectivity index (χ3n) is 2.12. The van der Waals surface area contributed by atoms with Crippen molar-refractivity contribution < 1.29 is 8.83 Å². The van der Waals surface area contributed by atoms with Gasteiger partial charge in [0.25, 0.3) is 0 Å². The number of aryl methyl sites for hydroxylation is 1. The molecule has 0 fully saturated rings. The van der Waals surface area contributed by atoms with Gasteiger partial charge in [-0.15, -0.1) is 16.7 Å². The topological polar surface area (TPSA) is 77.0 Å². The summed E-state index contributed by atoms with van der Waals surface area (Å²) >= 11 is 5.80. The molecule has 0 radical (unpaired) electrons. The van der Waals surface area contributed by atoms with E-state index in [9.17, 15) is 0 Å². The molecule has 92 valence electrons. The minimum atomic E-state index is -0.300. The maximum Gasteiger partial charge on any atom is 0.315 e. The number of aromatic nitrogens is 3. The van der Waals surface area contributed by atoms with Crippen LogP contribution in [0.4, 0.5) is 6.01 Å². The van der Waals surface area contributed by atoms with Gasteiger partial charge in [0.05, 0.1) is 12.7 Å². The van der Waals surface area contributed by atoms with Gasteiger partial charge in [0, 0.05) is 6.42 Å². The molecule has 2 aromatic rings. The highest BCUT2D eigenvalue weighted by molar-refractivity contribution is 6.20. The molecule has 0 saturated heterocycles. The van der Waals surface area contributed by atoms with Gasteiger partial charge < -0.3 is 14.2 Å². The third-order valence-corrected chi connectivity index (χ3v) is 2.31. The van der Waals surface area contributed by atoms with E-state index in [1.54, 1.807) is 13.1 Å². The van der Waals surface area contributed by atoms with Crippen LogP contribution < -0.4 is 5.32 Å². The van der Waals surface area contributed by atoms with Gasteiger partial charge in [0.2, 0.25) is 11.8 Å². The van der Waals surface area contributed by atoms with Gasteiger partial charge in [-0.25, -0.2) is 4.98 Å². The summed E-state index contributed by atoms with van der Waals surface area (Å²) in [6, 6.07) is 0.309. The fourth-order valence-corrected chi connectivity index (χ4v) is 1.30. The average molecular weight is 257 g/mol. The van der Waals surface area contributed by atoms with Crippen LogP contribution in [-0.4, -0.2) is 15.2 Å². The first-order chi connectivity index (χ1) is 8.19. The molecular formula is C10H13ClN4O2. The van der Waals surface area contributed by atoms with Gasteiger partial charge in [-0.3, -0.25) is 0 Å². The molecule has 7 heteroatoms. The summed E-state index contributed by atoms with van der Waals surface area (Å²) in [5.41, 5.74) is 0. The molecule has 0 spiro atoms. The largest absolute Gasteiger partial charge is 0.444 e. The van der Waals surface area contributed by atoms with Crippen molar-refractivity contribution in [3.63, 3.8) is 0 Å². The molecule has 0 aliphatic heterocycles. The Morgan fingerprint density at radius 1 is 1.41 bits per heavy atom. The highest BCUT2D eigenvalue weighted by atomic mass is 35.5. The van der Waals surface area contributed by atoms with Crippen molar-refractivity contribution in [3.05, 3.63) is 23.7 Å². The van der Waals surface area contributed by atoms with Gasteiger partial charge in [-0.1, -0.05) is 12.0 Å². The molecule has 1 unspecified atom stereocenters. The van der Waals surface area contributed by atoms with Crippen LogP contribution in [-0.2, 0) is 13.0 Å². The normalized spacial score (nSPS) is 12.6. The van der Waals surface area contributed by atoms with E-state index < -0.39 is 0 Å². The minimum Gasteiger partial charge on any atom is -0.444 e. The number of rotatable bonds is 5. The molecule has 0 saturated carbocycles. The van der Waals surface area contributed by atoms with Crippen LogP contribution in [0.15, 0.2) is 15.0 Å². The Labute approximate surface area is 103 Å². The van der Waals surface area contributed by atoms with Gasteiger partial charge in [-0.05, 0) is 6.92 Å². The number of halogens is 1. The monoisotopic (exact) mass is 256 g/mol. The van der Waals surface area contributed by atoms with E-state index in [4.69, 9.17) is 20.4 Å². The molecule has 2 rings (SSSR count). The predicted octanol–water partition coefficient (Wildman–Crippen LogP) is 2.53. The predicted molar refractivity (Wildman–Crippen MR) is 61.8 cm³/mol. The summed E-state index contributed by atoms with van der Waals surface area (Å²) in [5.74, 6) is 1.82. The van der Waals surface area contributed by atoms with Crippen molar-refractivity contribution in [2.75, 3.05) is 5.32 Å². The van der Waals surface area contributed by atoms with E-state index in [2.05, 4.69) is 20.5 Å². The van der Waals surface area contributed by atoms with Crippen LogP contribution in [0.1, 0.15) is 36.8 Å². The van der Waals surface area contributed by atoms with Gasteiger partial charge in [0.15, 0.2) is 0 Å². The van der Waals surface area contributed by atoms with Gasteiger partial charge >= 0.3 is 6.01 Å². The Morgan fingerprint density at radius 3 is 2.82 bits per heavy atom. The molecule has 6 nitrogen and oxygen atoms in total. The van der Waals surface area contributed by atoms with Crippen LogP contribution in [0, 0.1) is 0 Å². The van der Waals surface area contributed by atoms with Crippen molar-refractivity contribution >= 4 is 17.6 Å². The summed E-state index contributed by atoms with van der Waals surface area (Å²) in [6.45, 7) is 4.17. The maximum absolute atomic E-state index is 5.80. The number of oxazole rings is 1. The van der Waals surface area contributed by atoms with Crippen molar-refractivity contribution in [1.29, 1.82) is 0 Å². The second-order valence-corrected chi connectivity index (χ2v) is 4.14. The number of hydrogen-bond donors (Lipinski definition) is 1. The van der Waals surface area contributed by atoms with Crippen LogP contribution >= 0.6 is 11.6 Å². The number of nitrogens with one attached hydrogen (secondary N) is 1. The van der Waals surface area contributed by atoms with Crippen molar-refractivity contribution in [1.82, 2.24) is 15.2 Å². The van der Waals surface area contributed by atoms with Crippen LogP contribution in [0.3, 0.4) is 0 Å². The van der Waals surface area contributed by atoms with Crippen LogP contribution in [0.25, 0.3) is 0 Å². The fourth-order valence-electron chi connectivity index (χ4n) is 1.21. The van der Waals surface area contributed by atoms with E-state index in [-0.39, 0.29) is 5.38 Å². The van der Waals surface area contributed by atoms with E-state index in [0.717, 1.165) is 12.2 Å². The zero-order valence-corrected chi connectivity index (χ0v) is 10.4. The Hall–Kier alpha value is -1.56. The van der Waals surface area contributed by atoms with Crippen molar-refractivity contribution in [3.8, 4) is 0 Å². The molecule has 1 N–H and O–H groups in total. The first kappa shape index (κ1) is 11.9.